The van der Waals surface area contributed by atoms with Crippen LogP contribution in [0.3, 0.4) is 0 Å². The summed E-state index contributed by atoms with van der Waals surface area (Å²) in [6.45, 7) is 5.35. The predicted octanol–water partition coefficient (Wildman–Crippen LogP) is 4.01. The summed E-state index contributed by atoms with van der Waals surface area (Å²) in [6.07, 6.45) is 3.27. The summed E-state index contributed by atoms with van der Waals surface area (Å²) in [7, 11) is 0. The molecule has 1 amide bonds. The van der Waals surface area contributed by atoms with Crippen molar-refractivity contribution in [2.45, 2.75) is 26.8 Å². The summed E-state index contributed by atoms with van der Waals surface area (Å²) in [5, 5.41) is 0. The molecule has 0 heterocycles. The first-order valence-corrected chi connectivity index (χ1v) is 9.26. The van der Waals surface area contributed by atoms with Crippen LogP contribution in [0.4, 0.5) is 0 Å². The highest BCUT2D eigenvalue weighted by Gasteiger charge is 2.12. The van der Waals surface area contributed by atoms with E-state index in [0.29, 0.717) is 19.7 Å². The number of hydrogen-bond donors (Lipinski definition) is 0. The molecule has 0 aliphatic heterocycles. The minimum Gasteiger partial charge on any atom is -0.462 e. The summed E-state index contributed by atoms with van der Waals surface area (Å²) in [4.78, 5) is 26.1. The van der Waals surface area contributed by atoms with Crippen LogP contribution in [0.2, 0.25) is 0 Å². The first kappa shape index (κ1) is 20.4. The van der Waals surface area contributed by atoms with Crippen LogP contribution in [-0.4, -0.2) is 29.9 Å². The molecule has 0 radical (unpaired) electrons. The van der Waals surface area contributed by atoms with Crippen LogP contribution in [0.5, 0.6) is 0 Å². The van der Waals surface area contributed by atoms with Crippen LogP contribution in [0.15, 0.2) is 72.8 Å². The van der Waals surface area contributed by atoms with E-state index in [0.717, 1.165) is 12.0 Å². The van der Waals surface area contributed by atoms with Gasteiger partial charge in [-0.3, -0.25) is 4.79 Å². The topological polar surface area (TPSA) is 46.6 Å². The molecular weight excluding hydrogens is 338 g/mol. The van der Waals surface area contributed by atoms with Gasteiger partial charge in [0.2, 0.25) is 5.91 Å². The van der Waals surface area contributed by atoms with Crippen LogP contribution in [0.25, 0.3) is 0 Å². The number of benzene rings is 2. The van der Waals surface area contributed by atoms with Gasteiger partial charge in [0.1, 0.15) is 0 Å². The molecule has 2 aromatic carbocycles. The maximum absolute atomic E-state index is 12.6. The van der Waals surface area contributed by atoms with Gasteiger partial charge < -0.3 is 9.64 Å². The van der Waals surface area contributed by atoms with Gasteiger partial charge in [0.15, 0.2) is 0 Å². The Morgan fingerprint density at radius 2 is 1.52 bits per heavy atom. The monoisotopic (exact) mass is 365 g/mol. The SMILES string of the molecule is CC(C)COC(=O)/C=C/C(=O)N(CCc1ccccc1)Cc1ccccc1. The van der Waals surface area contributed by atoms with Crippen LogP contribution in [0.1, 0.15) is 25.0 Å². The van der Waals surface area contributed by atoms with E-state index < -0.39 is 5.97 Å². The quantitative estimate of drug-likeness (QED) is 0.498. The maximum atomic E-state index is 12.6. The van der Waals surface area contributed by atoms with Crippen molar-refractivity contribution < 1.29 is 14.3 Å². The zero-order chi connectivity index (χ0) is 19.5. The smallest absolute Gasteiger partial charge is 0.330 e. The molecule has 4 heteroatoms. The Hall–Kier alpha value is -2.88. The Morgan fingerprint density at radius 1 is 0.926 bits per heavy atom. The number of carbonyl (C=O) groups is 2. The Bertz CT molecular complexity index is 739. The Morgan fingerprint density at radius 3 is 2.11 bits per heavy atom. The molecule has 0 unspecified atom stereocenters. The van der Waals surface area contributed by atoms with Gasteiger partial charge >= 0.3 is 5.97 Å². The lowest BCUT2D eigenvalue weighted by atomic mass is 10.1. The van der Waals surface area contributed by atoms with Crippen molar-refractivity contribution in [2.75, 3.05) is 13.2 Å². The van der Waals surface area contributed by atoms with Gasteiger partial charge in [0.05, 0.1) is 6.61 Å². The molecule has 0 spiro atoms. The number of hydrogen-bond acceptors (Lipinski definition) is 3. The van der Waals surface area contributed by atoms with Crippen molar-refractivity contribution in [1.82, 2.24) is 4.90 Å². The molecule has 4 nitrogen and oxygen atoms in total. The van der Waals surface area contributed by atoms with E-state index in [4.69, 9.17) is 4.74 Å². The first-order valence-electron chi connectivity index (χ1n) is 9.26. The molecule has 2 aromatic rings. The molecule has 142 valence electrons. The average Bonchev–Trinajstić information content (AvgIpc) is 2.69. The predicted molar refractivity (Wildman–Crippen MR) is 107 cm³/mol. The number of amides is 1. The van der Waals surface area contributed by atoms with Crippen molar-refractivity contribution in [3.63, 3.8) is 0 Å². The Labute approximate surface area is 161 Å². The van der Waals surface area contributed by atoms with E-state index in [1.807, 2.05) is 74.5 Å². The van der Waals surface area contributed by atoms with Crippen molar-refractivity contribution in [2.24, 2.45) is 5.92 Å². The number of rotatable bonds is 9. The summed E-state index contributed by atoms with van der Waals surface area (Å²) in [5.41, 5.74) is 2.22. The largest absolute Gasteiger partial charge is 0.462 e. The van der Waals surface area contributed by atoms with Gasteiger partial charge in [-0.05, 0) is 23.5 Å². The molecule has 0 atom stereocenters. The molecule has 0 saturated carbocycles. The lowest BCUT2D eigenvalue weighted by Crippen LogP contribution is -2.31. The molecule has 0 saturated heterocycles. The number of esters is 1. The summed E-state index contributed by atoms with van der Waals surface area (Å²) in [6, 6.07) is 19.9. The van der Waals surface area contributed by atoms with Crippen molar-refractivity contribution >= 4 is 11.9 Å². The molecule has 27 heavy (non-hydrogen) atoms. The third kappa shape index (κ3) is 7.90. The van der Waals surface area contributed by atoms with E-state index in [9.17, 15) is 9.59 Å². The third-order valence-electron chi connectivity index (χ3n) is 3.96. The van der Waals surface area contributed by atoms with Crippen molar-refractivity contribution in [3.05, 3.63) is 83.9 Å². The zero-order valence-electron chi connectivity index (χ0n) is 16.0. The molecule has 0 aliphatic rings. The van der Waals surface area contributed by atoms with Crippen LogP contribution in [0, 0.1) is 5.92 Å². The molecule has 0 bridgehead atoms. The van der Waals surface area contributed by atoms with Crippen LogP contribution >= 0.6 is 0 Å². The van der Waals surface area contributed by atoms with Gasteiger partial charge in [-0.1, -0.05) is 74.5 Å². The maximum Gasteiger partial charge on any atom is 0.330 e. The molecule has 0 N–H and O–H groups in total. The fourth-order valence-corrected chi connectivity index (χ4v) is 2.52. The van der Waals surface area contributed by atoms with E-state index in [-0.39, 0.29) is 11.8 Å². The minimum atomic E-state index is -0.486. The Balaban J connectivity index is 2.01. The molecular formula is C23H27NO3. The highest BCUT2D eigenvalue weighted by Crippen LogP contribution is 2.08. The average molecular weight is 365 g/mol. The molecule has 0 aliphatic carbocycles. The lowest BCUT2D eigenvalue weighted by Gasteiger charge is -2.21. The van der Waals surface area contributed by atoms with Gasteiger partial charge in [0.25, 0.3) is 0 Å². The van der Waals surface area contributed by atoms with Gasteiger partial charge in [-0.2, -0.15) is 0 Å². The fraction of sp³-hybridized carbons (Fsp3) is 0.304. The minimum absolute atomic E-state index is 0.198. The zero-order valence-corrected chi connectivity index (χ0v) is 16.0. The second-order valence-electron chi connectivity index (χ2n) is 6.84. The van der Waals surface area contributed by atoms with E-state index in [2.05, 4.69) is 0 Å². The normalized spacial score (nSPS) is 10.9. The standard InChI is InChI=1S/C23H27NO3/c1-19(2)18-27-23(26)14-13-22(25)24(17-21-11-7-4-8-12-21)16-15-20-9-5-3-6-10-20/h3-14,19H,15-18H2,1-2H3/b14-13+. The molecule has 0 aromatic heterocycles. The van der Waals surface area contributed by atoms with E-state index in [1.54, 1.807) is 4.90 Å². The van der Waals surface area contributed by atoms with Crippen LogP contribution in [-0.2, 0) is 27.3 Å². The highest BCUT2D eigenvalue weighted by molar-refractivity contribution is 5.94. The van der Waals surface area contributed by atoms with Crippen molar-refractivity contribution in [1.29, 1.82) is 0 Å². The van der Waals surface area contributed by atoms with Crippen LogP contribution < -0.4 is 0 Å². The van der Waals surface area contributed by atoms with Gasteiger partial charge in [-0.25, -0.2) is 4.79 Å². The number of ether oxygens (including phenoxy) is 1. The highest BCUT2D eigenvalue weighted by atomic mass is 16.5. The Kier molecular flexibility index (Phi) is 8.30. The van der Waals surface area contributed by atoms with Crippen molar-refractivity contribution in [3.8, 4) is 0 Å². The van der Waals surface area contributed by atoms with E-state index in [1.165, 1.54) is 17.7 Å². The summed E-state index contributed by atoms with van der Waals surface area (Å²) in [5.74, 6) is -0.422. The van der Waals surface area contributed by atoms with Gasteiger partial charge in [0, 0.05) is 25.2 Å². The second kappa shape index (κ2) is 11.0. The molecule has 0 fully saturated rings. The fourth-order valence-electron chi connectivity index (χ4n) is 2.52. The number of nitrogens with zero attached hydrogens (tertiary/aromatic N) is 1. The summed E-state index contributed by atoms with van der Waals surface area (Å²) < 4.78 is 5.08. The molecule has 2 rings (SSSR count). The summed E-state index contributed by atoms with van der Waals surface area (Å²) >= 11 is 0. The second-order valence-corrected chi connectivity index (χ2v) is 6.84. The first-order chi connectivity index (χ1) is 13.0. The number of carbonyl (C=O) groups excluding carboxylic acids is 2. The third-order valence-corrected chi connectivity index (χ3v) is 3.96. The van der Waals surface area contributed by atoms with Gasteiger partial charge in [-0.15, -0.1) is 0 Å². The van der Waals surface area contributed by atoms with E-state index >= 15 is 0 Å². The lowest BCUT2D eigenvalue weighted by molar-refractivity contribution is -0.139.